The molecule has 32 heavy (non-hydrogen) atoms. The minimum Gasteiger partial charge on any atom is -0.207 e. The molecule has 3 aliphatic rings. The lowest BCUT2D eigenvalue weighted by Gasteiger charge is -2.42. The first-order valence-corrected chi connectivity index (χ1v) is 14.1. The number of rotatable bonds is 9. The van der Waals surface area contributed by atoms with E-state index in [2.05, 4.69) is 13.8 Å². The van der Waals surface area contributed by atoms with Crippen LogP contribution in [0.3, 0.4) is 0 Å². The molecular formula is C30H46F2. The summed E-state index contributed by atoms with van der Waals surface area (Å²) in [5.74, 6) is 2.70. The molecule has 1 aromatic carbocycles. The van der Waals surface area contributed by atoms with Crippen LogP contribution in [0.15, 0.2) is 6.07 Å². The highest BCUT2D eigenvalue weighted by Gasteiger charge is 2.38. The van der Waals surface area contributed by atoms with Gasteiger partial charge in [0.05, 0.1) is 0 Å². The summed E-state index contributed by atoms with van der Waals surface area (Å²) in [4.78, 5) is 0. The summed E-state index contributed by atoms with van der Waals surface area (Å²) in [5, 5.41) is 0. The van der Waals surface area contributed by atoms with Gasteiger partial charge in [-0.3, -0.25) is 0 Å². The van der Waals surface area contributed by atoms with Crippen molar-refractivity contribution in [3.05, 3.63) is 34.4 Å². The van der Waals surface area contributed by atoms with Gasteiger partial charge >= 0.3 is 0 Å². The smallest absolute Gasteiger partial charge is 0.133 e. The van der Waals surface area contributed by atoms with E-state index in [-0.39, 0.29) is 17.6 Å². The fourth-order valence-corrected chi connectivity index (χ4v) is 7.42. The Kier molecular flexibility index (Phi) is 8.68. The topological polar surface area (TPSA) is 0 Å². The molecule has 0 aromatic heterocycles. The summed E-state index contributed by atoms with van der Waals surface area (Å²) in [6.45, 7) is 4.53. The maximum absolute atomic E-state index is 15.7. The van der Waals surface area contributed by atoms with Crippen LogP contribution >= 0.6 is 0 Å². The van der Waals surface area contributed by atoms with E-state index in [9.17, 15) is 0 Å². The van der Waals surface area contributed by atoms with Gasteiger partial charge in [0, 0.05) is 5.56 Å². The van der Waals surface area contributed by atoms with E-state index >= 15 is 8.78 Å². The monoisotopic (exact) mass is 444 g/mol. The zero-order valence-corrected chi connectivity index (χ0v) is 20.7. The normalized spacial score (nSPS) is 30.1. The molecule has 2 heteroatoms. The van der Waals surface area contributed by atoms with E-state index in [4.69, 9.17) is 0 Å². The Bertz CT molecular complexity index is 739. The van der Waals surface area contributed by atoms with E-state index in [0.29, 0.717) is 17.4 Å². The first-order valence-electron chi connectivity index (χ1n) is 14.1. The standard InChI is InChI=1S/C30H46F2/c1-3-5-7-8-10-22-12-16-27-26(18-22)20-28(31)29(30(27)32)25-15-14-23-17-21(9-6-4-2)11-13-24(23)19-25/h20-25H,3-19H2,1-2H3. The highest BCUT2D eigenvalue weighted by molar-refractivity contribution is 5.39. The predicted octanol–water partition coefficient (Wildman–Crippen LogP) is 9.53. The SMILES string of the molecule is CCCCCCC1CCc2c(cc(F)c(C3CCC4CC(CCCC)CCC4C3)c2F)C1. The lowest BCUT2D eigenvalue weighted by atomic mass is 9.63. The number of halogens is 2. The van der Waals surface area contributed by atoms with E-state index < -0.39 is 0 Å². The first-order chi connectivity index (χ1) is 15.6. The van der Waals surface area contributed by atoms with E-state index in [1.807, 2.05) is 0 Å². The Hall–Kier alpha value is -0.920. The zero-order chi connectivity index (χ0) is 22.5. The quantitative estimate of drug-likeness (QED) is 0.333. The Morgan fingerprint density at radius 1 is 0.781 bits per heavy atom. The molecule has 4 rings (SSSR count). The molecule has 1 aromatic rings. The average molecular weight is 445 g/mol. The molecule has 3 aliphatic carbocycles. The van der Waals surface area contributed by atoms with Crippen molar-refractivity contribution >= 4 is 0 Å². The highest BCUT2D eigenvalue weighted by Crippen LogP contribution is 2.49. The van der Waals surface area contributed by atoms with Crippen molar-refractivity contribution in [1.82, 2.24) is 0 Å². The van der Waals surface area contributed by atoms with E-state index in [1.165, 1.54) is 77.0 Å². The van der Waals surface area contributed by atoms with Crippen LogP contribution in [0.5, 0.6) is 0 Å². The number of unbranched alkanes of at least 4 members (excludes halogenated alkanes) is 4. The summed E-state index contributed by atoms with van der Waals surface area (Å²) in [6, 6.07) is 1.74. The zero-order valence-electron chi connectivity index (χ0n) is 20.7. The Morgan fingerprint density at radius 3 is 2.34 bits per heavy atom. The second-order valence-corrected chi connectivity index (χ2v) is 11.5. The molecule has 2 saturated carbocycles. The molecule has 5 unspecified atom stereocenters. The third-order valence-electron chi connectivity index (χ3n) is 9.32. The summed E-state index contributed by atoms with van der Waals surface area (Å²) in [7, 11) is 0. The van der Waals surface area contributed by atoms with Crippen LogP contribution in [0.25, 0.3) is 0 Å². The number of fused-ring (bicyclic) bond motifs is 2. The largest absolute Gasteiger partial charge is 0.207 e. The molecule has 0 heterocycles. The summed E-state index contributed by atoms with van der Waals surface area (Å²) in [6.07, 6.45) is 20.3. The molecule has 0 saturated heterocycles. The maximum Gasteiger partial charge on any atom is 0.133 e. The van der Waals surface area contributed by atoms with E-state index in [1.54, 1.807) is 6.07 Å². The van der Waals surface area contributed by atoms with Crippen LogP contribution in [0, 0.1) is 35.3 Å². The van der Waals surface area contributed by atoms with Crippen molar-refractivity contribution in [3.63, 3.8) is 0 Å². The van der Waals surface area contributed by atoms with Gasteiger partial charge in [0.15, 0.2) is 0 Å². The molecule has 0 bridgehead atoms. The van der Waals surface area contributed by atoms with Crippen molar-refractivity contribution in [2.45, 2.75) is 129 Å². The van der Waals surface area contributed by atoms with Crippen LogP contribution in [0.2, 0.25) is 0 Å². The molecular weight excluding hydrogens is 398 g/mol. The third-order valence-corrected chi connectivity index (χ3v) is 9.32. The van der Waals surface area contributed by atoms with Gasteiger partial charge in [0.25, 0.3) is 0 Å². The van der Waals surface area contributed by atoms with Gasteiger partial charge in [0.2, 0.25) is 0 Å². The summed E-state index contributed by atoms with van der Waals surface area (Å²) >= 11 is 0. The predicted molar refractivity (Wildman–Crippen MR) is 131 cm³/mol. The van der Waals surface area contributed by atoms with Gasteiger partial charge in [-0.25, -0.2) is 8.78 Å². The van der Waals surface area contributed by atoms with Crippen LogP contribution in [-0.4, -0.2) is 0 Å². The molecule has 2 fully saturated rings. The Morgan fingerprint density at radius 2 is 1.53 bits per heavy atom. The summed E-state index contributed by atoms with van der Waals surface area (Å²) in [5.41, 5.74) is 2.29. The number of benzene rings is 1. The van der Waals surface area contributed by atoms with Crippen LogP contribution in [0.4, 0.5) is 8.78 Å². The second-order valence-electron chi connectivity index (χ2n) is 11.5. The van der Waals surface area contributed by atoms with Crippen molar-refractivity contribution in [3.8, 4) is 0 Å². The maximum atomic E-state index is 15.7. The lowest BCUT2D eigenvalue weighted by Crippen LogP contribution is -2.31. The third kappa shape index (κ3) is 5.58. The van der Waals surface area contributed by atoms with Gasteiger partial charge in [0.1, 0.15) is 11.6 Å². The molecule has 5 atom stereocenters. The van der Waals surface area contributed by atoms with Gasteiger partial charge in [-0.15, -0.1) is 0 Å². The first kappa shape index (κ1) is 24.2. The Labute approximate surface area is 196 Å². The fraction of sp³-hybridized carbons (Fsp3) is 0.800. The molecule has 0 N–H and O–H groups in total. The minimum absolute atomic E-state index is 0.0977. The van der Waals surface area contributed by atoms with Gasteiger partial charge in [-0.2, -0.15) is 0 Å². The molecule has 180 valence electrons. The van der Waals surface area contributed by atoms with Crippen LogP contribution in [-0.2, 0) is 12.8 Å². The van der Waals surface area contributed by atoms with Gasteiger partial charge < -0.3 is 0 Å². The number of hydrogen-bond donors (Lipinski definition) is 0. The Balaban J connectivity index is 1.39. The molecule has 0 radical (unpaired) electrons. The second kappa shape index (κ2) is 11.5. The van der Waals surface area contributed by atoms with Crippen molar-refractivity contribution in [2.75, 3.05) is 0 Å². The van der Waals surface area contributed by atoms with Crippen molar-refractivity contribution in [2.24, 2.45) is 23.7 Å². The highest BCUT2D eigenvalue weighted by atomic mass is 19.1. The van der Waals surface area contributed by atoms with Crippen LogP contribution in [0.1, 0.15) is 133 Å². The van der Waals surface area contributed by atoms with Crippen LogP contribution < -0.4 is 0 Å². The van der Waals surface area contributed by atoms with E-state index in [0.717, 1.165) is 55.1 Å². The van der Waals surface area contributed by atoms with Crippen molar-refractivity contribution < 1.29 is 8.78 Å². The van der Waals surface area contributed by atoms with Crippen molar-refractivity contribution in [1.29, 1.82) is 0 Å². The molecule has 0 nitrogen and oxygen atoms in total. The fourth-order valence-electron chi connectivity index (χ4n) is 7.42. The van der Waals surface area contributed by atoms with Gasteiger partial charge in [-0.05, 0) is 98.1 Å². The number of hydrogen-bond acceptors (Lipinski definition) is 0. The average Bonchev–Trinajstić information content (AvgIpc) is 2.80. The summed E-state index contributed by atoms with van der Waals surface area (Å²) < 4.78 is 31.0. The lowest BCUT2D eigenvalue weighted by molar-refractivity contribution is 0.111. The minimum atomic E-state index is -0.243. The molecule has 0 amide bonds. The molecule has 0 spiro atoms. The molecule has 0 aliphatic heterocycles. The van der Waals surface area contributed by atoms with Gasteiger partial charge in [-0.1, -0.05) is 71.6 Å².